The van der Waals surface area contributed by atoms with Gasteiger partial charge in [-0.15, -0.1) is 0 Å². The van der Waals surface area contributed by atoms with Gasteiger partial charge in [-0.25, -0.2) is 0 Å². The van der Waals surface area contributed by atoms with Crippen LogP contribution < -0.4 is 10.1 Å². The van der Waals surface area contributed by atoms with E-state index in [1.807, 2.05) is 13.8 Å². The number of nitrogens with zero attached hydrogens (tertiary/aromatic N) is 3. The maximum atomic E-state index is 5.81. The molecule has 0 amide bonds. The molecule has 5 nitrogen and oxygen atoms in total. The molecule has 2 rings (SSSR count). The lowest BCUT2D eigenvalue weighted by atomic mass is 10.3. The molecular formula is C11H17ClN4O. The second-order valence-corrected chi connectivity index (χ2v) is 5.07. The Morgan fingerprint density at radius 3 is 2.71 bits per heavy atom. The number of rotatable bonds is 5. The highest BCUT2D eigenvalue weighted by molar-refractivity contribution is 6.28. The predicted molar refractivity (Wildman–Crippen MR) is 66.4 cm³/mol. The molecule has 1 heterocycles. The van der Waals surface area contributed by atoms with Crippen molar-refractivity contribution >= 4 is 17.5 Å². The highest BCUT2D eigenvalue weighted by Gasteiger charge is 2.32. The van der Waals surface area contributed by atoms with E-state index in [4.69, 9.17) is 16.3 Å². The fraction of sp³-hybridized carbons (Fsp3) is 0.727. The van der Waals surface area contributed by atoms with Crippen LogP contribution in [0.5, 0.6) is 6.01 Å². The Bertz CT molecular complexity index is 399. The van der Waals surface area contributed by atoms with E-state index in [2.05, 4.69) is 27.2 Å². The topological polar surface area (TPSA) is 59.9 Å². The number of hydrogen-bond donors (Lipinski definition) is 1. The fourth-order valence-corrected chi connectivity index (χ4v) is 1.73. The van der Waals surface area contributed by atoms with Crippen molar-refractivity contribution in [2.45, 2.75) is 33.3 Å². The van der Waals surface area contributed by atoms with Gasteiger partial charge in [-0.2, -0.15) is 15.0 Å². The first kappa shape index (κ1) is 12.4. The molecule has 1 aliphatic rings. The van der Waals surface area contributed by atoms with Crippen LogP contribution in [0.2, 0.25) is 5.28 Å². The number of ether oxygens (including phenoxy) is 1. The minimum Gasteiger partial charge on any atom is -0.461 e. The molecule has 0 bridgehead atoms. The Labute approximate surface area is 106 Å². The molecule has 0 aromatic carbocycles. The van der Waals surface area contributed by atoms with Crippen molar-refractivity contribution in [3.63, 3.8) is 0 Å². The van der Waals surface area contributed by atoms with Gasteiger partial charge in [0, 0.05) is 6.54 Å². The summed E-state index contributed by atoms with van der Waals surface area (Å²) in [6.45, 7) is 6.94. The normalized spacial score (nSPS) is 22.6. The summed E-state index contributed by atoms with van der Waals surface area (Å²) in [4.78, 5) is 12.1. The molecule has 0 spiro atoms. The van der Waals surface area contributed by atoms with Crippen LogP contribution in [0, 0.1) is 11.8 Å². The van der Waals surface area contributed by atoms with E-state index in [0.717, 1.165) is 18.4 Å². The first-order valence-corrected chi connectivity index (χ1v) is 6.24. The monoisotopic (exact) mass is 256 g/mol. The fourth-order valence-electron chi connectivity index (χ4n) is 1.58. The molecule has 1 aliphatic carbocycles. The van der Waals surface area contributed by atoms with Crippen molar-refractivity contribution in [2.75, 3.05) is 11.9 Å². The standard InChI is InChI=1S/C11H17ClN4O/c1-6(2)17-11-15-9(12)14-10(16-11)13-5-8-4-7(8)3/h6-8H,4-5H2,1-3H3,(H,13,14,15,16). The molecule has 1 fully saturated rings. The van der Waals surface area contributed by atoms with Crippen molar-refractivity contribution in [3.05, 3.63) is 5.28 Å². The van der Waals surface area contributed by atoms with Crippen molar-refractivity contribution in [2.24, 2.45) is 11.8 Å². The molecule has 1 N–H and O–H groups in total. The second kappa shape index (κ2) is 5.04. The van der Waals surface area contributed by atoms with Gasteiger partial charge in [-0.1, -0.05) is 6.92 Å². The second-order valence-electron chi connectivity index (χ2n) is 4.73. The molecular weight excluding hydrogens is 240 g/mol. The highest BCUT2D eigenvalue weighted by Crippen LogP contribution is 2.37. The third kappa shape index (κ3) is 3.70. The minimum atomic E-state index is 0.0183. The summed E-state index contributed by atoms with van der Waals surface area (Å²) < 4.78 is 5.39. The summed E-state index contributed by atoms with van der Waals surface area (Å²) >= 11 is 5.81. The SMILES string of the molecule is CC(C)Oc1nc(Cl)nc(NCC2CC2C)n1. The van der Waals surface area contributed by atoms with E-state index in [0.29, 0.717) is 5.95 Å². The molecule has 0 radical (unpaired) electrons. The van der Waals surface area contributed by atoms with Gasteiger partial charge in [-0.05, 0) is 43.7 Å². The molecule has 17 heavy (non-hydrogen) atoms. The number of halogens is 1. The molecule has 6 heteroatoms. The molecule has 0 aliphatic heterocycles. The van der Waals surface area contributed by atoms with E-state index in [1.165, 1.54) is 6.42 Å². The van der Waals surface area contributed by atoms with Crippen LogP contribution in [0.15, 0.2) is 0 Å². The van der Waals surface area contributed by atoms with Crippen LogP contribution in [0.3, 0.4) is 0 Å². The van der Waals surface area contributed by atoms with E-state index in [-0.39, 0.29) is 17.4 Å². The van der Waals surface area contributed by atoms with E-state index in [1.54, 1.807) is 0 Å². The molecule has 0 saturated heterocycles. The molecule has 1 aromatic rings. The van der Waals surface area contributed by atoms with Crippen molar-refractivity contribution < 1.29 is 4.74 Å². The largest absolute Gasteiger partial charge is 0.461 e. The van der Waals surface area contributed by atoms with E-state index < -0.39 is 0 Å². The number of nitrogens with one attached hydrogen (secondary N) is 1. The Morgan fingerprint density at radius 2 is 2.12 bits per heavy atom. The summed E-state index contributed by atoms with van der Waals surface area (Å²) in [6.07, 6.45) is 1.28. The lowest BCUT2D eigenvalue weighted by Crippen LogP contribution is -2.12. The average Bonchev–Trinajstić information content (AvgIpc) is 2.90. The predicted octanol–water partition coefficient (Wildman–Crippen LogP) is 2.38. The first-order chi connectivity index (χ1) is 8.04. The van der Waals surface area contributed by atoms with Crippen LogP contribution in [0.25, 0.3) is 0 Å². The quantitative estimate of drug-likeness (QED) is 0.877. The zero-order valence-corrected chi connectivity index (χ0v) is 11.0. The van der Waals surface area contributed by atoms with Crippen LogP contribution in [0.4, 0.5) is 5.95 Å². The van der Waals surface area contributed by atoms with Crippen molar-refractivity contribution in [1.82, 2.24) is 15.0 Å². The zero-order chi connectivity index (χ0) is 12.4. The van der Waals surface area contributed by atoms with Gasteiger partial charge in [0.25, 0.3) is 0 Å². The Morgan fingerprint density at radius 1 is 1.41 bits per heavy atom. The zero-order valence-electron chi connectivity index (χ0n) is 10.3. The van der Waals surface area contributed by atoms with Crippen molar-refractivity contribution in [3.8, 4) is 6.01 Å². The van der Waals surface area contributed by atoms with Gasteiger partial charge >= 0.3 is 6.01 Å². The van der Waals surface area contributed by atoms with Crippen LogP contribution >= 0.6 is 11.6 Å². The average molecular weight is 257 g/mol. The van der Waals surface area contributed by atoms with Crippen LogP contribution in [-0.4, -0.2) is 27.6 Å². The van der Waals surface area contributed by atoms with Crippen LogP contribution in [-0.2, 0) is 0 Å². The summed E-state index contributed by atoms with van der Waals surface area (Å²) in [5, 5.41) is 3.32. The van der Waals surface area contributed by atoms with Gasteiger partial charge in [0.05, 0.1) is 6.10 Å². The number of anilines is 1. The van der Waals surface area contributed by atoms with Gasteiger partial charge in [0.2, 0.25) is 11.2 Å². The van der Waals surface area contributed by atoms with E-state index in [9.17, 15) is 0 Å². The van der Waals surface area contributed by atoms with Crippen molar-refractivity contribution in [1.29, 1.82) is 0 Å². The Kier molecular flexibility index (Phi) is 3.66. The lowest BCUT2D eigenvalue weighted by Gasteiger charge is -2.09. The lowest BCUT2D eigenvalue weighted by molar-refractivity contribution is 0.222. The van der Waals surface area contributed by atoms with E-state index >= 15 is 0 Å². The van der Waals surface area contributed by atoms with Crippen LogP contribution in [0.1, 0.15) is 27.2 Å². The highest BCUT2D eigenvalue weighted by atomic mass is 35.5. The number of hydrogen-bond acceptors (Lipinski definition) is 5. The number of aromatic nitrogens is 3. The van der Waals surface area contributed by atoms with Gasteiger partial charge in [0.1, 0.15) is 0 Å². The summed E-state index contributed by atoms with van der Waals surface area (Å²) in [6, 6.07) is 0.270. The summed E-state index contributed by atoms with van der Waals surface area (Å²) in [7, 11) is 0. The molecule has 1 aromatic heterocycles. The molecule has 2 unspecified atom stereocenters. The molecule has 1 saturated carbocycles. The Balaban J connectivity index is 1.97. The first-order valence-electron chi connectivity index (χ1n) is 5.86. The third-order valence-corrected chi connectivity index (χ3v) is 2.90. The Hall–Kier alpha value is -1.10. The van der Waals surface area contributed by atoms with Gasteiger partial charge < -0.3 is 10.1 Å². The molecule has 94 valence electrons. The maximum absolute atomic E-state index is 5.81. The van der Waals surface area contributed by atoms with Gasteiger partial charge in [0.15, 0.2) is 0 Å². The summed E-state index contributed by atoms with van der Waals surface area (Å²) in [5.74, 6) is 2.01. The van der Waals surface area contributed by atoms with Gasteiger partial charge in [-0.3, -0.25) is 0 Å². The minimum absolute atomic E-state index is 0.0183. The smallest absolute Gasteiger partial charge is 0.322 e. The third-order valence-electron chi connectivity index (χ3n) is 2.73. The maximum Gasteiger partial charge on any atom is 0.322 e. The summed E-state index contributed by atoms with van der Waals surface area (Å²) in [5.41, 5.74) is 0. The molecule has 2 atom stereocenters.